The molecule has 0 spiro atoms. The predicted molar refractivity (Wildman–Crippen MR) is 114 cm³/mol. The molecule has 1 aliphatic carbocycles. The van der Waals surface area contributed by atoms with Crippen molar-refractivity contribution < 1.29 is 19.7 Å². The summed E-state index contributed by atoms with van der Waals surface area (Å²) in [5, 5.41) is 23.9. The van der Waals surface area contributed by atoms with Crippen LogP contribution in [0.5, 0.6) is 0 Å². The van der Waals surface area contributed by atoms with Gasteiger partial charge in [-0.15, -0.1) is 0 Å². The number of allylic oxidation sites excluding steroid dienone is 2. The minimum atomic E-state index is -0.727. The second-order valence-electron chi connectivity index (χ2n) is 7.81. The van der Waals surface area contributed by atoms with Gasteiger partial charge in [0.05, 0.1) is 30.5 Å². The fourth-order valence-corrected chi connectivity index (χ4v) is 3.85. The average Bonchev–Trinajstić information content (AvgIpc) is 3.13. The number of hydrogen-bond acceptors (Lipinski definition) is 6. The van der Waals surface area contributed by atoms with E-state index < -0.39 is 17.3 Å². The Balaban J connectivity index is 1.62. The molecule has 3 atom stereocenters. The number of quaternary nitrogens is 1. The number of nitrogens with one attached hydrogen (secondary N) is 5. The highest BCUT2D eigenvalue weighted by Crippen LogP contribution is 2.31. The molecule has 0 radical (unpaired) electrons. The molecule has 2 heterocycles. The van der Waals surface area contributed by atoms with Crippen LogP contribution in [0.4, 0.5) is 10.5 Å². The van der Waals surface area contributed by atoms with Gasteiger partial charge in [0, 0.05) is 29.1 Å². The van der Waals surface area contributed by atoms with Crippen LogP contribution in [0.25, 0.3) is 0 Å². The van der Waals surface area contributed by atoms with E-state index in [1.54, 1.807) is 37.4 Å². The molecule has 4 rings (SSSR count). The lowest BCUT2D eigenvalue weighted by molar-refractivity contribution is -0.992. The van der Waals surface area contributed by atoms with Crippen LogP contribution in [0.3, 0.4) is 0 Å². The zero-order valence-electron chi connectivity index (χ0n) is 17.4. The Bertz CT molecular complexity index is 1060. The second-order valence-corrected chi connectivity index (χ2v) is 7.81. The number of amides is 3. The smallest absolute Gasteiger partial charge is 0.319 e. The molecule has 162 valence electrons. The molecule has 0 fully saturated rings. The quantitative estimate of drug-likeness (QED) is 0.441. The van der Waals surface area contributed by atoms with E-state index in [1.165, 1.54) is 7.11 Å². The van der Waals surface area contributed by atoms with E-state index in [0.29, 0.717) is 34.6 Å². The van der Waals surface area contributed by atoms with Crippen LogP contribution in [0.1, 0.15) is 31.9 Å². The number of urea groups is 1. The highest BCUT2D eigenvalue weighted by molar-refractivity contribution is 6.00. The van der Waals surface area contributed by atoms with Gasteiger partial charge in [-0.25, -0.2) is 9.63 Å². The zero-order chi connectivity index (χ0) is 22.2. The van der Waals surface area contributed by atoms with Crippen molar-refractivity contribution in [2.24, 2.45) is 5.10 Å². The van der Waals surface area contributed by atoms with Crippen LogP contribution < -0.4 is 26.6 Å². The number of fused-ring (bicyclic) bond motifs is 1. The third-order valence-electron chi connectivity index (χ3n) is 5.61. The van der Waals surface area contributed by atoms with Gasteiger partial charge in [-0.2, -0.15) is 10.3 Å². The molecule has 0 aromatic heterocycles. The van der Waals surface area contributed by atoms with Gasteiger partial charge in [0.2, 0.25) is 0 Å². The minimum absolute atomic E-state index is 0.263. The van der Waals surface area contributed by atoms with Gasteiger partial charge in [-0.3, -0.25) is 10.2 Å². The fourth-order valence-electron chi connectivity index (χ4n) is 3.85. The molecule has 10 heteroatoms. The number of nitrogens with zero attached hydrogens (tertiary/aromatic N) is 1. The maximum atomic E-state index is 13.2. The molecule has 0 saturated carbocycles. The number of hydrazone groups is 1. The summed E-state index contributed by atoms with van der Waals surface area (Å²) in [6.07, 6.45) is 6.22. The molecule has 1 aromatic rings. The van der Waals surface area contributed by atoms with Crippen LogP contribution in [-0.4, -0.2) is 30.8 Å². The van der Waals surface area contributed by atoms with Crippen molar-refractivity contribution >= 4 is 23.8 Å². The van der Waals surface area contributed by atoms with Gasteiger partial charge in [-0.05, 0) is 31.9 Å². The van der Waals surface area contributed by atoms with E-state index in [2.05, 4.69) is 26.5 Å². The first-order chi connectivity index (χ1) is 14.8. The maximum Gasteiger partial charge on any atom is 0.319 e. The Hall–Kier alpha value is -3.47. The van der Waals surface area contributed by atoms with Crippen LogP contribution in [0, 0.1) is 5.21 Å². The van der Waals surface area contributed by atoms with E-state index in [9.17, 15) is 14.8 Å². The van der Waals surface area contributed by atoms with Crippen LogP contribution in [-0.2, 0) is 9.63 Å². The zero-order valence-corrected chi connectivity index (χ0v) is 17.4. The monoisotopic (exact) mass is 424 g/mol. The standard InChI is InChI=1S/C21H24N6O4/c1-12-17(19(28)24-15-7-8-21(2)14(10-15)11-22-26-21)18(25-20(29)23-12)13-5-4-6-16(9-13)27(30)31-3/h4-7,9-11,18,26-27H,8H2,1-3H3,(H,24,28)(H2,23,25,29). The Kier molecular flexibility index (Phi) is 5.36. The van der Waals surface area contributed by atoms with Gasteiger partial charge in [0.1, 0.15) is 0 Å². The number of hydrogen-bond donors (Lipinski definition) is 5. The third-order valence-corrected chi connectivity index (χ3v) is 5.61. The molecule has 3 unspecified atom stereocenters. The van der Waals surface area contributed by atoms with Crippen LogP contribution >= 0.6 is 0 Å². The lowest BCUT2D eigenvalue weighted by Crippen LogP contribution is -3.00. The van der Waals surface area contributed by atoms with Crippen LogP contribution in [0.15, 0.2) is 64.1 Å². The van der Waals surface area contributed by atoms with Crippen molar-refractivity contribution in [1.29, 1.82) is 0 Å². The van der Waals surface area contributed by atoms with Crippen molar-refractivity contribution in [3.8, 4) is 0 Å². The highest BCUT2D eigenvalue weighted by Gasteiger charge is 2.35. The summed E-state index contributed by atoms with van der Waals surface area (Å²) in [7, 11) is 1.30. The lowest BCUT2D eigenvalue weighted by atomic mass is 9.86. The number of carbonyl (C=O) groups excluding carboxylic acids is 2. The largest absolute Gasteiger partial charge is 0.595 e. The summed E-state index contributed by atoms with van der Waals surface area (Å²) >= 11 is 0. The molecule has 3 amide bonds. The molecule has 0 bridgehead atoms. The molecule has 31 heavy (non-hydrogen) atoms. The van der Waals surface area contributed by atoms with Crippen molar-refractivity contribution in [3.05, 3.63) is 69.7 Å². The highest BCUT2D eigenvalue weighted by atomic mass is 16.9. The molecule has 2 aliphatic heterocycles. The number of rotatable bonds is 5. The summed E-state index contributed by atoms with van der Waals surface area (Å²) in [5.41, 5.74) is 6.16. The molecule has 3 aliphatic rings. The molecule has 1 aromatic carbocycles. The number of benzene rings is 1. The van der Waals surface area contributed by atoms with Crippen LogP contribution in [0.2, 0.25) is 0 Å². The molecule has 0 saturated heterocycles. The average molecular weight is 424 g/mol. The lowest BCUT2D eigenvalue weighted by Gasteiger charge is -2.30. The Morgan fingerprint density at radius 2 is 2.23 bits per heavy atom. The van der Waals surface area contributed by atoms with Gasteiger partial charge >= 0.3 is 6.03 Å². The second kappa shape index (κ2) is 7.99. The number of carbonyl (C=O) groups is 2. The summed E-state index contributed by atoms with van der Waals surface area (Å²) in [4.78, 5) is 30.1. The van der Waals surface area contributed by atoms with Gasteiger partial charge < -0.3 is 21.2 Å². The third kappa shape index (κ3) is 3.96. The van der Waals surface area contributed by atoms with E-state index >= 15 is 0 Å². The molecular weight excluding hydrogens is 400 g/mol. The normalized spacial score (nSPS) is 25.5. The maximum absolute atomic E-state index is 13.2. The predicted octanol–water partition coefficient (Wildman–Crippen LogP) is 0.568. The Morgan fingerprint density at radius 3 is 3.00 bits per heavy atom. The molecule has 10 nitrogen and oxygen atoms in total. The Labute approximate surface area is 179 Å². The van der Waals surface area contributed by atoms with Crippen molar-refractivity contribution in [2.75, 3.05) is 7.11 Å². The topological polar surface area (TPSA) is 131 Å². The summed E-state index contributed by atoms with van der Waals surface area (Å²) < 4.78 is 0. The first-order valence-electron chi connectivity index (χ1n) is 9.81. The first kappa shape index (κ1) is 20.8. The van der Waals surface area contributed by atoms with Gasteiger partial charge in [0.15, 0.2) is 5.69 Å². The van der Waals surface area contributed by atoms with Crippen molar-refractivity contribution in [3.63, 3.8) is 0 Å². The van der Waals surface area contributed by atoms with Crippen molar-refractivity contribution in [1.82, 2.24) is 21.4 Å². The van der Waals surface area contributed by atoms with E-state index in [-0.39, 0.29) is 11.4 Å². The SMILES string of the molecule is CO[NH+]([O-])c1cccc(C2NC(=O)NC(C)=C2C(=O)NC2=CCC3(C)NN=CC3=C2)c1. The molecule has 5 N–H and O–H groups in total. The molecular formula is C21H24N6O4. The first-order valence-corrected chi connectivity index (χ1v) is 9.81. The van der Waals surface area contributed by atoms with E-state index in [1.807, 2.05) is 19.1 Å². The summed E-state index contributed by atoms with van der Waals surface area (Å²) in [6, 6.07) is 5.50. The summed E-state index contributed by atoms with van der Waals surface area (Å²) in [5.74, 6) is -0.354. The van der Waals surface area contributed by atoms with E-state index in [4.69, 9.17) is 4.84 Å². The Morgan fingerprint density at radius 1 is 1.42 bits per heavy atom. The van der Waals surface area contributed by atoms with E-state index in [0.717, 1.165) is 5.57 Å². The van der Waals surface area contributed by atoms with Crippen molar-refractivity contribution in [2.45, 2.75) is 31.8 Å². The minimum Gasteiger partial charge on any atom is -0.595 e. The fraction of sp³-hybridized carbons (Fsp3) is 0.286. The summed E-state index contributed by atoms with van der Waals surface area (Å²) in [6.45, 7) is 3.71. The van der Waals surface area contributed by atoms with Gasteiger partial charge in [0.25, 0.3) is 5.91 Å². The van der Waals surface area contributed by atoms with Gasteiger partial charge in [-0.1, -0.05) is 18.2 Å².